The molecule has 1 saturated heterocycles. The van der Waals surface area contributed by atoms with Crippen LogP contribution in [0.25, 0.3) is 5.69 Å². The third kappa shape index (κ3) is 4.06. The quantitative estimate of drug-likeness (QED) is 0.874. The van der Waals surface area contributed by atoms with Crippen LogP contribution in [-0.4, -0.2) is 47.2 Å². The summed E-state index contributed by atoms with van der Waals surface area (Å²) in [4.78, 5) is 26.8. The number of rotatable bonds is 4. The van der Waals surface area contributed by atoms with Crippen LogP contribution in [-0.2, 0) is 4.74 Å². The molecule has 1 aromatic carbocycles. The number of hydrogen-bond acceptors (Lipinski definition) is 3. The van der Waals surface area contributed by atoms with Crippen LogP contribution in [0.3, 0.4) is 0 Å². The summed E-state index contributed by atoms with van der Waals surface area (Å²) in [5, 5.41) is 2.86. The molecule has 1 unspecified atom stereocenters. The van der Waals surface area contributed by atoms with E-state index in [1.165, 1.54) is 5.56 Å². The minimum absolute atomic E-state index is 0.0169. The predicted molar refractivity (Wildman–Crippen MR) is 109 cm³/mol. The molecule has 1 aliphatic heterocycles. The van der Waals surface area contributed by atoms with Crippen molar-refractivity contribution < 1.29 is 14.3 Å². The number of carbonyl (C=O) groups excluding carboxylic acids is 2. The van der Waals surface area contributed by atoms with E-state index in [1.54, 1.807) is 6.92 Å². The van der Waals surface area contributed by atoms with Crippen molar-refractivity contribution in [3.8, 4) is 5.69 Å². The molecule has 0 spiro atoms. The first kappa shape index (κ1) is 20.0. The second kappa shape index (κ2) is 8.50. The first-order valence-electron chi connectivity index (χ1n) is 9.89. The van der Waals surface area contributed by atoms with Gasteiger partial charge in [0.1, 0.15) is 0 Å². The van der Waals surface area contributed by atoms with Crippen molar-refractivity contribution in [3.05, 3.63) is 52.8 Å². The normalized spacial score (nSPS) is 16.7. The second-order valence-electron chi connectivity index (χ2n) is 7.36. The molecule has 1 aromatic heterocycles. The summed E-state index contributed by atoms with van der Waals surface area (Å²) in [6.45, 7) is 9.42. The van der Waals surface area contributed by atoms with Gasteiger partial charge in [0.2, 0.25) is 0 Å². The molecule has 1 N–H and O–H groups in total. The van der Waals surface area contributed by atoms with Crippen LogP contribution in [0.4, 0.5) is 4.79 Å². The predicted octanol–water partition coefficient (Wildman–Crippen LogP) is 3.75. The lowest BCUT2D eigenvalue weighted by Crippen LogP contribution is -2.49. The Kier molecular flexibility index (Phi) is 6.07. The molecule has 2 aromatic rings. The van der Waals surface area contributed by atoms with Gasteiger partial charge in [0.15, 0.2) is 0 Å². The third-order valence-corrected chi connectivity index (χ3v) is 5.32. The SMILES string of the molecule is CCOC(=O)NC1CCCN(C(=O)c2cc(C)n(-c3ccccc3C)c2C)C1. The van der Waals surface area contributed by atoms with E-state index in [0.717, 1.165) is 35.5 Å². The Balaban J connectivity index is 1.80. The monoisotopic (exact) mass is 383 g/mol. The molecule has 2 amide bonds. The van der Waals surface area contributed by atoms with Gasteiger partial charge in [-0.15, -0.1) is 0 Å². The van der Waals surface area contributed by atoms with Gasteiger partial charge in [-0.25, -0.2) is 4.79 Å². The Morgan fingerprint density at radius 3 is 2.68 bits per heavy atom. The molecule has 0 radical (unpaired) electrons. The van der Waals surface area contributed by atoms with Crippen molar-refractivity contribution in [2.24, 2.45) is 0 Å². The van der Waals surface area contributed by atoms with E-state index in [2.05, 4.69) is 28.9 Å². The minimum atomic E-state index is -0.417. The molecule has 1 atom stereocenters. The summed E-state index contributed by atoms with van der Waals surface area (Å²) in [6, 6.07) is 10.1. The number of likely N-dealkylation sites (tertiary alicyclic amines) is 1. The van der Waals surface area contributed by atoms with Crippen LogP contribution in [0.1, 0.15) is 47.1 Å². The van der Waals surface area contributed by atoms with E-state index >= 15 is 0 Å². The van der Waals surface area contributed by atoms with E-state index in [1.807, 2.05) is 36.9 Å². The maximum Gasteiger partial charge on any atom is 0.407 e. The zero-order chi connectivity index (χ0) is 20.3. The Labute approximate surface area is 166 Å². The smallest absolute Gasteiger partial charge is 0.407 e. The van der Waals surface area contributed by atoms with Gasteiger partial charge in [-0.3, -0.25) is 4.79 Å². The standard InChI is InChI=1S/C22H29N3O3/c1-5-28-22(27)23-18-10-8-12-24(14-18)21(26)19-13-16(3)25(17(19)4)20-11-7-6-9-15(20)2/h6-7,9,11,13,18H,5,8,10,12,14H2,1-4H3,(H,23,27). The van der Waals surface area contributed by atoms with Crippen LogP contribution in [0.2, 0.25) is 0 Å². The van der Waals surface area contributed by atoms with E-state index in [9.17, 15) is 9.59 Å². The molecule has 1 aliphatic rings. The van der Waals surface area contributed by atoms with E-state index in [0.29, 0.717) is 19.7 Å². The molecular weight excluding hydrogens is 354 g/mol. The molecular formula is C22H29N3O3. The number of hydrogen-bond donors (Lipinski definition) is 1. The number of alkyl carbamates (subject to hydrolysis) is 1. The van der Waals surface area contributed by atoms with Gasteiger partial charge < -0.3 is 19.5 Å². The largest absolute Gasteiger partial charge is 0.450 e. The zero-order valence-electron chi connectivity index (χ0n) is 17.1. The van der Waals surface area contributed by atoms with Crippen molar-refractivity contribution in [2.75, 3.05) is 19.7 Å². The van der Waals surface area contributed by atoms with E-state index in [4.69, 9.17) is 4.74 Å². The first-order valence-corrected chi connectivity index (χ1v) is 9.89. The summed E-state index contributed by atoms with van der Waals surface area (Å²) >= 11 is 0. The average Bonchev–Trinajstić information content (AvgIpc) is 2.96. The molecule has 0 saturated carbocycles. The summed E-state index contributed by atoms with van der Waals surface area (Å²) < 4.78 is 7.11. The summed E-state index contributed by atoms with van der Waals surface area (Å²) in [5.41, 5.74) is 4.96. The fraction of sp³-hybridized carbons (Fsp3) is 0.455. The lowest BCUT2D eigenvalue weighted by atomic mass is 10.0. The van der Waals surface area contributed by atoms with Gasteiger partial charge in [0.05, 0.1) is 12.2 Å². The number of carbonyl (C=O) groups is 2. The number of nitrogens with zero attached hydrogens (tertiary/aromatic N) is 2. The number of aromatic nitrogens is 1. The summed E-state index contributed by atoms with van der Waals surface area (Å²) in [7, 11) is 0. The van der Waals surface area contributed by atoms with Gasteiger partial charge in [0.25, 0.3) is 5.91 Å². The second-order valence-corrected chi connectivity index (χ2v) is 7.36. The third-order valence-electron chi connectivity index (χ3n) is 5.32. The van der Waals surface area contributed by atoms with Crippen LogP contribution < -0.4 is 5.32 Å². The summed E-state index contributed by atoms with van der Waals surface area (Å²) in [5.74, 6) is 0.0169. The molecule has 0 bridgehead atoms. The lowest BCUT2D eigenvalue weighted by Gasteiger charge is -2.33. The van der Waals surface area contributed by atoms with Crippen molar-refractivity contribution in [1.29, 1.82) is 0 Å². The lowest BCUT2D eigenvalue weighted by molar-refractivity contribution is 0.0685. The zero-order valence-corrected chi connectivity index (χ0v) is 17.1. The number of aryl methyl sites for hydroxylation is 2. The number of ether oxygens (including phenoxy) is 1. The van der Waals surface area contributed by atoms with Crippen molar-refractivity contribution in [2.45, 2.75) is 46.6 Å². The van der Waals surface area contributed by atoms with Crippen LogP contribution in [0, 0.1) is 20.8 Å². The molecule has 3 rings (SSSR count). The number of benzene rings is 1. The maximum absolute atomic E-state index is 13.2. The number of nitrogens with one attached hydrogen (secondary N) is 1. The van der Waals surface area contributed by atoms with Gasteiger partial charge in [-0.2, -0.15) is 0 Å². The molecule has 0 aliphatic carbocycles. The minimum Gasteiger partial charge on any atom is -0.450 e. The highest BCUT2D eigenvalue weighted by Gasteiger charge is 2.28. The fourth-order valence-electron chi connectivity index (χ4n) is 3.95. The molecule has 6 nitrogen and oxygen atoms in total. The van der Waals surface area contributed by atoms with E-state index < -0.39 is 6.09 Å². The number of para-hydroxylation sites is 1. The molecule has 6 heteroatoms. The van der Waals surface area contributed by atoms with Crippen molar-refractivity contribution >= 4 is 12.0 Å². The van der Waals surface area contributed by atoms with Gasteiger partial charge >= 0.3 is 6.09 Å². The maximum atomic E-state index is 13.2. The molecule has 1 fully saturated rings. The van der Waals surface area contributed by atoms with Crippen molar-refractivity contribution in [1.82, 2.24) is 14.8 Å². The Bertz CT molecular complexity index is 872. The van der Waals surface area contributed by atoms with Crippen LogP contribution in [0.15, 0.2) is 30.3 Å². The molecule has 150 valence electrons. The fourth-order valence-corrected chi connectivity index (χ4v) is 3.95. The topological polar surface area (TPSA) is 63.6 Å². The highest BCUT2D eigenvalue weighted by Crippen LogP contribution is 2.25. The van der Waals surface area contributed by atoms with Crippen molar-refractivity contribution in [3.63, 3.8) is 0 Å². The summed E-state index contributed by atoms with van der Waals surface area (Å²) in [6.07, 6.45) is 1.30. The first-order chi connectivity index (χ1) is 13.4. The number of amides is 2. The van der Waals surface area contributed by atoms with Gasteiger partial charge in [-0.1, -0.05) is 18.2 Å². The Morgan fingerprint density at radius 1 is 1.21 bits per heavy atom. The Morgan fingerprint density at radius 2 is 1.96 bits per heavy atom. The Hall–Kier alpha value is -2.76. The average molecular weight is 383 g/mol. The van der Waals surface area contributed by atoms with Crippen LogP contribution in [0.5, 0.6) is 0 Å². The van der Waals surface area contributed by atoms with Crippen LogP contribution >= 0.6 is 0 Å². The van der Waals surface area contributed by atoms with Gasteiger partial charge in [-0.05, 0) is 58.2 Å². The molecule has 2 heterocycles. The van der Waals surface area contributed by atoms with E-state index in [-0.39, 0.29) is 11.9 Å². The highest BCUT2D eigenvalue weighted by molar-refractivity contribution is 5.96. The number of piperidine rings is 1. The molecule has 28 heavy (non-hydrogen) atoms. The highest BCUT2D eigenvalue weighted by atomic mass is 16.5. The van der Waals surface area contributed by atoms with Gasteiger partial charge in [0, 0.05) is 36.2 Å².